The average molecular weight is 502 g/mol. The number of carbonyl (C=O) groups excluding carboxylic acids is 3. The number of benzene rings is 1. The topological polar surface area (TPSA) is 100 Å². The SMILES string of the molecule is CC(C)C[C@@H](NC(=O)c1ccc(C(C)(C)C)cc1)C(=O)NCCC1C2OC2CN1C(=O)OC(C)(C)C. The van der Waals surface area contributed by atoms with Gasteiger partial charge in [-0.25, -0.2) is 4.79 Å². The molecule has 0 radical (unpaired) electrons. The molecule has 2 aliphatic rings. The number of epoxide rings is 1. The lowest BCUT2D eigenvalue weighted by Gasteiger charge is -2.30. The minimum Gasteiger partial charge on any atom is -0.444 e. The first-order valence-corrected chi connectivity index (χ1v) is 13.0. The van der Waals surface area contributed by atoms with Crippen LogP contribution in [-0.4, -0.2) is 65.8 Å². The smallest absolute Gasteiger partial charge is 0.410 e. The van der Waals surface area contributed by atoms with Gasteiger partial charge >= 0.3 is 6.09 Å². The number of nitrogens with one attached hydrogen (secondary N) is 2. The number of amides is 3. The van der Waals surface area contributed by atoms with Crippen LogP contribution in [0.15, 0.2) is 24.3 Å². The summed E-state index contributed by atoms with van der Waals surface area (Å²) >= 11 is 0. The lowest BCUT2D eigenvalue weighted by atomic mass is 9.86. The molecule has 200 valence electrons. The van der Waals surface area contributed by atoms with E-state index in [-0.39, 0.29) is 47.5 Å². The standard InChI is InChI=1S/C28H43N3O5/c1-17(2)15-20(30-24(32)18-9-11-19(12-10-18)27(3,4)5)25(33)29-14-13-21-23-22(35-23)16-31(21)26(34)36-28(6,7)8/h9-12,17,20-23H,13-16H2,1-8H3,(H,29,33)(H,30,32)/t20-,21?,22?,23?/m1/s1. The Hall–Kier alpha value is -2.61. The molecule has 0 aromatic heterocycles. The molecule has 1 aromatic rings. The van der Waals surface area contributed by atoms with Crippen LogP contribution in [0.3, 0.4) is 0 Å². The van der Waals surface area contributed by atoms with Gasteiger partial charge in [0.05, 0.1) is 12.6 Å². The zero-order valence-corrected chi connectivity index (χ0v) is 23.0. The van der Waals surface area contributed by atoms with Gasteiger partial charge in [0.1, 0.15) is 23.9 Å². The van der Waals surface area contributed by atoms with Crippen molar-refractivity contribution in [2.45, 2.75) is 104 Å². The van der Waals surface area contributed by atoms with Crippen LogP contribution in [-0.2, 0) is 19.7 Å². The van der Waals surface area contributed by atoms with E-state index < -0.39 is 11.6 Å². The Morgan fingerprint density at radius 2 is 1.72 bits per heavy atom. The fourth-order valence-electron chi connectivity index (χ4n) is 4.53. The van der Waals surface area contributed by atoms with E-state index in [1.165, 1.54) is 0 Å². The Kier molecular flexibility index (Phi) is 8.38. The van der Waals surface area contributed by atoms with Gasteiger partial charge < -0.3 is 20.1 Å². The van der Waals surface area contributed by atoms with Crippen LogP contribution in [0.1, 0.15) is 84.2 Å². The highest BCUT2D eigenvalue weighted by Gasteiger charge is 2.56. The van der Waals surface area contributed by atoms with E-state index in [9.17, 15) is 14.4 Å². The van der Waals surface area contributed by atoms with Crippen molar-refractivity contribution in [3.8, 4) is 0 Å². The van der Waals surface area contributed by atoms with E-state index in [0.29, 0.717) is 31.5 Å². The van der Waals surface area contributed by atoms with E-state index in [4.69, 9.17) is 9.47 Å². The summed E-state index contributed by atoms with van der Waals surface area (Å²) in [5, 5.41) is 5.87. The summed E-state index contributed by atoms with van der Waals surface area (Å²) in [5.74, 6) is -0.266. The number of hydrogen-bond acceptors (Lipinski definition) is 5. The van der Waals surface area contributed by atoms with Gasteiger partial charge in [-0.3, -0.25) is 14.5 Å². The van der Waals surface area contributed by atoms with Crippen LogP contribution < -0.4 is 10.6 Å². The molecule has 0 spiro atoms. The first-order chi connectivity index (χ1) is 16.7. The summed E-state index contributed by atoms with van der Waals surface area (Å²) in [7, 11) is 0. The lowest BCUT2D eigenvalue weighted by Crippen LogP contribution is -2.49. The predicted molar refractivity (Wildman–Crippen MR) is 139 cm³/mol. The highest BCUT2D eigenvalue weighted by Crippen LogP contribution is 2.38. The number of morpholine rings is 1. The third-order valence-corrected chi connectivity index (χ3v) is 6.49. The number of likely N-dealkylation sites (tertiary alicyclic amines) is 1. The van der Waals surface area contributed by atoms with Gasteiger partial charge in [0.2, 0.25) is 5.91 Å². The Balaban J connectivity index is 1.56. The van der Waals surface area contributed by atoms with Crippen LogP contribution >= 0.6 is 0 Å². The molecular weight excluding hydrogens is 458 g/mol. The molecule has 0 saturated carbocycles. The zero-order valence-electron chi connectivity index (χ0n) is 23.0. The maximum Gasteiger partial charge on any atom is 0.410 e. The maximum atomic E-state index is 13.0. The Morgan fingerprint density at radius 1 is 1.08 bits per heavy atom. The van der Waals surface area contributed by atoms with Crippen molar-refractivity contribution in [3.05, 3.63) is 35.4 Å². The molecule has 2 saturated heterocycles. The summed E-state index contributed by atoms with van der Waals surface area (Å²) in [5.41, 5.74) is 1.10. The molecule has 0 aliphatic carbocycles. The quantitative estimate of drug-likeness (QED) is 0.524. The first kappa shape index (κ1) is 28.0. The fraction of sp³-hybridized carbons (Fsp3) is 0.679. The normalized spacial score (nSPS) is 22.1. The summed E-state index contributed by atoms with van der Waals surface area (Å²) in [6.07, 6.45) is 0.784. The second-order valence-corrected chi connectivity index (χ2v) is 12.4. The van der Waals surface area contributed by atoms with Crippen LogP contribution in [0, 0.1) is 5.92 Å². The second kappa shape index (κ2) is 10.8. The Bertz CT molecular complexity index is 945. The van der Waals surface area contributed by atoms with Gasteiger partial charge in [-0.15, -0.1) is 0 Å². The summed E-state index contributed by atoms with van der Waals surface area (Å²) in [4.78, 5) is 40.3. The van der Waals surface area contributed by atoms with Gasteiger partial charge in [0.15, 0.2) is 0 Å². The third kappa shape index (κ3) is 7.45. The maximum absolute atomic E-state index is 13.0. The molecule has 2 N–H and O–H groups in total. The second-order valence-electron chi connectivity index (χ2n) is 12.4. The van der Waals surface area contributed by atoms with E-state index in [1.807, 2.05) is 46.8 Å². The molecular formula is C28H43N3O5. The molecule has 2 aliphatic heterocycles. The molecule has 2 heterocycles. The number of hydrogen-bond donors (Lipinski definition) is 2. The number of nitrogens with zero attached hydrogens (tertiary/aromatic N) is 1. The van der Waals surface area contributed by atoms with Crippen LogP contribution in [0.2, 0.25) is 0 Å². The zero-order chi connectivity index (χ0) is 26.8. The molecule has 36 heavy (non-hydrogen) atoms. The highest BCUT2D eigenvalue weighted by molar-refractivity contribution is 5.97. The van der Waals surface area contributed by atoms with Gasteiger partial charge in [-0.05, 0) is 62.6 Å². The van der Waals surface area contributed by atoms with E-state index in [0.717, 1.165) is 5.56 Å². The van der Waals surface area contributed by atoms with Gasteiger partial charge in [0.25, 0.3) is 5.91 Å². The molecule has 8 nitrogen and oxygen atoms in total. The van der Waals surface area contributed by atoms with Gasteiger partial charge in [0, 0.05) is 12.1 Å². The minimum atomic E-state index is -0.643. The van der Waals surface area contributed by atoms with Crippen molar-refractivity contribution >= 4 is 17.9 Å². The first-order valence-electron chi connectivity index (χ1n) is 13.0. The van der Waals surface area contributed by atoms with Crippen molar-refractivity contribution in [3.63, 3.8) is 0 Å². The summed E-state index contributed by atoms with van der Waals surface area (Å²) in [6, 6.07) is 6.74. The molecule has 1 aromatic carbocycles. The van der Waals surface area contributed by atoms with Crippen LogP contribution in [0.25, 0.3) is 0 Å². The number of ether oxygens (including phenoxy) is 2. The lowest BCUT2D eigenvalue weighted by molar-refractivity contribution is -0.123. The third-order valence-electron chi connectivity index (χ3n) is 6.49. The average Bonchev–Trinajstić information content (AvgIpc) is 3.43. The number of rotatable bonds is 8. The van der Waals surface area contributed by atoms with Crippen molar-refractivity contribution < 1.29 is 23.9 Å². The van der Waals surface area contributed by atoms with Crippen LogP contribution in [0.4, 0.5) is 4.79 Å². The summed E-state index contributed by atoms with van der Waals surface area (Å²) < 4.78 is 11.2. The van der Waals surface area contributed by atoms with Crippen molar-refractivity contribution in [2.24, 2.45) is 5.92 Å². The van der Waals surface area contributed by atoms with Crippen molar-refractivity contribution in [2.75, 3.05) is 13.1 Å². The molecule has 2 fully saturated rings. The molecule has 0 bridgehead atoms. The Morgan fingerprint density at radius 3 is 2.28 bits per heavy atom. The highest BCUT2D eigenvalue weighted by atomic mass is 16.6. The molecule has 3 rings (SSSR count). The van der Waals surface area contributed by atoms with E-state index >= 15 is 0 Å². The molecule has 3 amide bonds. The monoisotopic (exact) mass is 501 g/mol. The Labute approximate surface area is 215 Å². The molecule has 4 atom stereocenters. The van der Waals surface area contributed by atoms with Gasteiger partial charge in [-0.1, -0.05) is 46.8 Å². The van der Waals surface area contributed by atoms with E-state index in [2.05, 4.69) is 31.4 Å². The summed E-state index contributed by atoms with van der Waals surface area (Å²) in [6.45, 7) is 16.8. The van der Waals surface area contributed by atoms with Gasteiger partial charge in [-0.2, -0.15) is 0 Å². The van der Waals surface area contributed by atoms with Crippen molar-refractivity contribution in [1.82, 2.24) is 15.5 Å². The van der Waals surface area contributed by atoms with Crippen LogP contribution in [0.5, 0.6) is 0 Å². The predicted octanol–water partition coefficient (Wildman–Crippen LogP) is 4.02. The van der Waals surface area contributed by atoms with E-state index in [1.54, 1.807) is 17.0 Å². The fourth-order valence-corrected chi connectivity index (χ4v) is 4.53. The minimum absolute atomic E-state index is 0.00102. The molecule has 8 heteroatoms. The number of carbonyl (C=O) groups is 3. The largest absolute Gasteiger partial charge is 0.444 e. The van der Waals surface area contributed by atoms with Crippen molar-refractivity contribution in [1.29, 1.82) is 0 Å². The number of fused-ring (bicyclic) bond motifs is 1. The molecule has 3 unspecified atom stereocenters.